The number of methoxy groups -OCH3 is 1. The van der Waals surface area contributed by atoms with Crippen molar-refractivity contribution >= 4 is 23.5 Å². The number of amides is 1. The molecule has 0 saturated heterocycles. The van der Waals surface area contributed by atoms with E-state index in [1.165, 1.54) is 14.0 Å². The molecule has 0 aliphatic heterocycles. The lowest BCUT2D eigenvalue weighted by Crippen LogP contribution is -2.57. The Kier molecular flexibility index (Phi) is 6.23. The van der Waals surface area contributed by atoms with Gasteiger partial charge >= 0.3 is 5.97 Å². The first kappa shape index (κ1) is 18.3. The summed E-state index contributed by atoms with van der Waals surface area (Å²) in [5.41, 5.74) is -0.873. The Morgan fingerprint density at radius 1 is 1.41 bits per heavy atom. The first-order valence-electron chi connectivity index (χ1n) is 7.10. The number of ether oxygens (including phenoxy) is 1. The highest BCUT2D eigenvalue weighted by atomic mass is 35.5. The maximum absolute atomic E-state index is 12.4. The number of carboxylic acids is 1. The molecule has 1 amide bonds. The Balaban J connectivity index is 3.02. The van der Waals surface area contributed by atoms with Crippen molar-refractivity contribution in [1.29, 1.82) is 0 Å². The summed E-state index contributed by atoms with van der Waals surface area (Å²) < 4.78 is 5.18. The van der Waals surface area contributed by atoms with Gasteiger partial charge in [-0.25, -0.2) is 4.79 Å². The largest absolute Gasteiger partial charge is 0.496 e. The topological polar surface area (TPSA) is 75.6 Å². The number of carboxylic acid groups (broad SMARTS) is 1. The molecular weight excluding hydrogens is 306 g/mol. The van der Waals surface area contributed by atoms with E-state index in [4.69, 9.17) is 16.3 Å². The lowest BCUT2D eigenvalue weighted by molar-refractivity contribution is -0.149. The van der Waals surface area contributed by atoms with Crippen LogP contribution in [0.5, 0.6) is 5.75 Å². The van der Waals surface area contributed by atoms with Crippen molar-refractivity contribution in [2.24, 2.45) is 5.92 Å². The zero-order valence-electron chi connectivity index (χ0n) is 13.2. The van der Waals surface area contributed by atoms with E-state index in [2.05, 4.69) is 5.32 Å². The second-order valence-electron chi connectivity index (χ2n) is 5.41. The molecule has 0 aliphatic carbocycles. The van der Waals surface area contributed by atoms with E-state index in [-0.39, 0.29) is 5.92 Å². The second kappa shape index (κ2) is 7.49. The first-order valence-corrected chi connectivity index (χ1v) is 7.53. The summed E-state index contributed by atoms with van der Waals surface area (Å²) in [4.78, 5) is 23.9. The number of nitrogens with one attached hydrogen (secondary N) is 1. The summed E-state index contributed by atoms with van der Waals surface area (Å²) in [5.74, 6) is -1.40. The third-order valence-corrected chi connectivity index (χ3v) is 4.50. The molecule has 0 aliphatic rings. The van der Waals surface area contributed by atoms with Crippen molar-refractivity contribution in [1.82, 2.24) is 5.32 Å². The van der Waals surface area contributed by atoms with Gasteiger partial charge in [0.25, 0.3) is 0 Å². The molecule has 122 valence electrons. The van der Waals surface area contributed by atoms with E-state index in [9.17, 15) is 14.7 Å². The zero-order chi connectivity index (χ0) is 16.9. The molecule has 5 nitrogen and oxygen atoms in total. The second-order valence-corrected chi connectivity index (χ2v) is 5.85. The number of alkyl halides is 1. The van der Waals surface area contributed by atoms with Crippen molar-refractivity contribution in [3.63, 3.8) is 0 Å². The third-order valence-electron chi connectivity index (χ3n) is 4.07. The van der Waals surface area contributed by atoms with Gasteiger partial charge in [-0.3, -0.25) is 4.79 Å². The van der Waals surface area contributed by atoms with Crippen molar-refractivity contribution in [2.45, 2.75) is 38.1 Å². The van der Waals surface area contributed by atoms with Crippen LogP contribution in [0.25, 0.3) is 0 Å². The predicted molar refractivity (Wildman–Crippen MR) is 85.2 cm³/mol. The molecular formula is C16H22ClNO4. The number of aliphatic carboxylic acids is 1. The SMILES string of the molecule is CCC(C)C(C)(NC(=O)C(Cl)c1ccccc1OC)C(=O)O. The van der Waals surface area contributed by atoms with Crippen molar-refractivity contribution in [3.8, 4) is 5.75 Å². The van der Waals surface area contributed by atoms with Gasteiger partial charge in [0.15, 0.2) is 0 Å². The first-order chi connectivity index (χ1) is 10.3. The smallest absolute Gasteiger partial charge is 0.329 e. The third kappa shape index (κ3) is 3.71. The Morgan fingerprint density at radius 2 is 2.00 bits per heavy atom. The highest BCUT2D eigenvalue weighted by molar-refractivity contribution is 6.31. The number of rotatable bonds is 7. The molecule has 0 spiro atoms. The van der Waals surface area contributed by atoms with Crippen molar-refractivity contribution < 1.29 is 19.4 Å². The lowest BCUT2D eigenvalue weighted by atomic mass is 9.85. The number of hydrogen-bond acceptors (Lipinski definition) is 3. The van der Waals surface area contributed by atoms with E-state index in [1.54, 1.807) is 31.2 Å². The number of carbonyl (C=O) groups is 2. The molecule has 0 fully saturated rings. The minimum Gasteiger partial charge on any atom is -0.496 e. The Bertz CT molecular complexity index is 549. The maximum Gasteiger partial charge on any atom is 0.329 e. The predicted octanol–water partition coefficient (Wildman–Crippen LogP) is 2.98. The van der Waals surface area contributed by atoms with Gasteiger partial charge in [-0.2, -0.15) is 0 Å². The minimum absolute atomic E-state index is 0.240. The number of carbonyl (C=O) groups excluding carboxylic acids is 1. The number of halogens is 1. The molecule has 1 aromatic carbocycles. The molecule has 0 aromatic heterocycles. The van der Waals surface area contributed by atoms with Gasteiger partial charge in [0.1, 0.15) is 16.7 Å². The van der Waals surface area contributed by atoms with Crippen LogP contribution in [0.1, 0.15) is 38.1 Å². The van der Waals surface area contributed by atoms with Crippen LogP contribution < -0.4 is 10.1 Å². The summed E-state index contributed by atoms with van der Waals surface area (Å²) >= 11 is 6.21. The van der Waals surface area contributed by atoms with Gasteiger partial charge < -0.3 is 15.2 Å². The van der Waals surface area contributed by atoms with Gasteiger partial charge in [0, 0.05) is 5.56 Å². The fourth-order valence-corrected chi connectivity index (χ4v) is 2.37. The van der Waals surface area contributed by atoms with Crippen LogP contribution in [0.3, 0.4) is 0 Å². The summed E-state index contributed by atoms with van der Waals surface area (Å²) in [5, 5.41) is 11.0. The monoisotopic (exact) mass is 327 g/mol. The zero-order valence-corrected chi connectivity index (χ0v) is 14.0. The molecule has 3 unspecified atom stereocenters. The van der Waals surface area contributed by atoms with E-state index < -0.39 is 22.8 Å². The van der Waals surface area contributed by atoms with E-state index in [1.807, 2.05) is 6.92 Å². The molecule has 6 heteroatoms. The van der Waals surface area contributed by atoms with Crippen molar-refractivity contribution in [2.75, 3.05) is 7.11 Å². The molecule has 0 saturated carbocycles. The van der Waals surface area contributed by atoms with Crippen LogP contribution in [0.4, 0.5) is 0 Å². The maximum atomic E-state index is 12.4. The molecule has 0 bridgehead atoms. The van der Waals surface area contributed by atoms with Crippen molar-refractivity contribution in [3.05, 3.63) is 29.8 Å². The average Bonchev–Trinajstić information content (AvgIpc) is 2.52. The van der Waals surface area contributed by atoms with Gasteiger partial charge in [-0.15, -0.1) is 11.6 Å². The molecule has 2 N–H and O–H groups in total. The lowest BCUT2D eigenvalue weighted by Gasteiger charge is -2.32. The van der Waals surface area contributed by atoms with Gasteiger partial charge in [-0.05, 0) is 18.9 Å². The average molecular weight is 328 g/mol. The minimum atomic E-state index is -1.37. The fourth-order valence-electron chi connectivity index (χ4n) is 2.13. The van der Waals surface area contributed by atoms with Crippen LogP contribution in [-0.2, 0) is 9.59 Å². The van der Waals surface area contributed by atoms with Crippen LogP contribution in [-0.4, -0.2) is 29.6 Å². The normalized spacial score (nSPS) is 16.2. The van der Waals surface area contributed by atoms with Crippen LogP contribution >= 0.6 is 11.6 Å². The molecule has 3 atom stereocenters. The Hall–Kier alpha value is -1.75. The summed E-state index contributed by atoms with van der Waals surface area (Å²) in [6, 6.07) is 6.89. The molecule has 0 heterocycles. The standard InChI is InChI=1S/C16H22ClNO4/c1-5-10(2)16(3,15(20)21)18-14(19)13(17)11-8-6-7-9-12(11)22-4/h6-10,13H,5H2,1-4H3,(H,18,19)(H,20,21). The van der Waals surface area contributed by atoms with Crippen LogP contribution in [0, 0.1) is 5.92 Å². The quantitative estimate of drug-likeness (QED) is 0.755. The molecule has 1 aromatic rings. The molecule has 1 rings (SSSR count). The highest BCUT2D eigenvalue weighted by Gasteiger charge is 2.41. The molecule has 22 heavy (non-hydrogen) atoms. The Labute approximate surface area is 135 Å². The van der Waals surface area contributed by atoms with Gasteiger partial charge in [0.05, 0.1) is 7.11 Å². The van der Waals surface area contributed by atoms with Crippen LogP contribution in [0.15, 0.2) is 24.3 Å². The fraction of sp³-hybridized carbons (Fsp3) is 0.500. The summed E-state index contributed by atoms with van der Waals surface area (Å²) in [6.45, 7) is 5.14. The van der Waals surface area contributed by atoms with Gasteiger partial charge in [-0.1, -0.05) is 38.5 Å². The van der Waals surface area contributed by atoms with E-state index in [0.717, 1.165) is 0 Å². The van der Waals surface area contributed by atoms with Gasteiger partial charge in [0.2, 0.25) is 5.91 Å². The number of para-hydroxylation sites is 1. The summed E-state index contributed by atoms with van der Waals surface area (Å²) in [7, 11) is 1.49. The summed E-state index contributed by atoms with van der Waals surface area (Å²) in [6.07, 6.45) is 0.616. The van der Waals surface area contributed by atoms with E-state index in [0.29, 0.717) is 17.7 Å². The van der Waals surface area contributed by atoms with E-state index >= 15 is 0 Å². The Morgan fingerprint density at radius 3 is 2.50 bits per heavy atom. The molecule has 0 radical (unpaired) electrons. The number of benzene rings is 1. The van der Waals surface area contributed by atoms with Crippen LogP contribution in [0.2, 0.25) is 0 Å². The highest BCUT2D eigenvalue weighted by Crippen LogP contribution is 2.31. The number of hydrogen-bond donors (Lipinski definition) is 2.